The van der Waals surface area contributed by atoms with Crippen molar-refractivity contribution in [3.8, 4) is 0 Å². The fraction of sp³-hybridized carbons (Fsp3) is 1.00. The zero-order valence-electron chi connectivity index (χ0n) is 4.83. The van der Waals surface area contributed by atoms with Crippen molar-refractivity contribution in [3.05, 3.63) is 0 Å². The Balaban J connectivity index is 3.54. The minimum absolute atomic E-state index is 0.102. The third kappa shape index (κ3) is 3.26. The molecule has 0 fully saturated rings. The van der Waals surface area contributed by atoms with Gasteiger partial charge in [0.2, 0.25) is 0 Å². The van der Waals surface area contributed by atoms with E-state index in [-0.39, 0.29) is 3.92 Å². The largest absolute Gasteiger partial charge is 0.243 e. The van der Waals surface area contributed by atoms with E-state index in [0.29, 0.717) is 0 Å². The van der Waals surface area contributed by atoms with Gasteiger partial charge in [-0.2, -0.15) is 0 Å². The van der Waals surface area contributed by atoms with Crippen molar-refractivity contribution < 1.29 is 4.39 Å². The predicted octanol–water partition coefficient (Wildman–Crippen LogP) is 2.56. The highest BCUT2D eigenvalue weighted by Crippen LogP contribution is 2.20. The Labute approximate surface area is 57.6 Å². The minimum Gasteiger partial charge on any atom is -0.243 e. The highest BCUT2D eigenvalue weighted by Gasteiger charge is 2.21. The van der Waals surface area contributed by atoms with Crippen LogP contribution in [0.15, 0.2) is 0 Å². The van der Waals surface area contributed by atoms with Gasteiger partial charge in [0.25, 0.3) is 0 Å². The lowest BCUT2D eigenvalue weighted by atomic mass is 10.1. The number of alkyl halides is 2. The van der Waals surface area contributed by atoms with Gasteiger partial charge in [-0.3, -0.25) is 0 Å². The molecule has 0 rings (SSSR count). The summed E-state index contributed by atoms with van der Waals surface area (Å²) >= 11 is 2.07. The van der Waals surface area contributed by atoms with Crippen molar-refractivity contribution in [3.63, 3.8) is 0 Å². The van der Waals surface area contributed by atoms with Crippen LogP contribution in [0.5, 0.6) is 0 Å². The Morgan fingerprint density at radius 2 is 1.71 bits per heavy atom. The van der Waals surface area contributed by atoms with Crippen LogP contribution < -0.4 is 0 Å². The van der Waals surface area contributed by atoms with Crippen LogP contribution in [0.2, 0.25) is 0 Å². The van der Waals surface area contributed by atoms with Crippen molar-refractivity contribution in [1.29, 1.82) is 0 Å². The summed E-state index contributed by atoms with van der Waals surface area (Å²) in [7, 11) is 0. The molecule has 0 saturated carbocycles. The van der Waals surface area contributed by atoms with E-state index >= 15 is 0 Å². The Morgan fingerprint density at radius 3 is 1.71 bits per heavy atom. The average Bonchev–Trinajstić information content (AvgIpc) is 1.31. The molecule has 0 unspecified atom stereocenters. The Morgan fingerprint density at radius 1 is 1.57 bits per heavy atom. The molecule has 0 N–H and O–H groups in total. The standard InChI is InChI=1S/C5H10FI/c1-4(7)5(2,3)6/h4H,1-3H3/t4-/m1/s1. The van der Waals surface area contributed by atoms with E-state index in [0.717, 1.165) is 0 Å². The summed E-state index contributed by atoms with van der Waals surface area (Å²) in [5, 5.41) is 0. The van der Waals surface area contributed by atoms with Gasteiger partial charge in [-0.1, -0.05) is 29.5 Å². The second-order valence-corrected chi connectivity index (χ2v) is 4.05. The van der Waals surface area contributed by atoms with Gasteiger partial charge in [-0.25, -0.2) is 4.39 Å². The number of halogens is 2. The fourth-order valence-corrected chi connectivity index (χ4v) is 0. The molecule has 44 valence electrons. The Hall–Kier alpha value is 0.660. The molecule has 0 saturated heterocycles. The van der Waals surface area contributed by atoms with Crippen LogP contribution in [-0.4, -0.2) is 9.59 Å². The first-order valence-electron chi connectivity index (χ1n) is 2.27. The normalized spacial score (nSPS) is 16.7. The van der Waals surface area contributed by atoms with E-state index in [4.69, 9.17) is 0 Å². The monoisotopic (exact) mass is 216 g/mol. The smallest absolute Gasteiger partial charge is 0.116 e. The van der Waals surface area contributed by atoms with E-state index in [2.05, 4.69) is 22.6 Å². The molecule has 0 aromatic carbocycles. The van der Waals surface area contributed by atoms with Crippen molar-refractivity contribution in [2.75, 3.05) is 0 Å². The molecule has 0 radical (unpaired) electrons. The topological polar surface area (TPSA) is 0 Å². The highest BCUT2D eigenvalue weighted by molar-refractivity contribution is 14.1. The Kier molecular flexibility index (Phi) is 2.50. The molecule has 7 heavy (non-hydrogen) atoms. The van der Waals surface area contributed by atoms with E-state index in [1.165, 1.54) is 0 Å². The molecule has 0 amide bonds. The zero-order valence-corrected chi connectivity index (χ0v) is 6.99. The van der Waals surface area contributed by atoms with Gasteiger partial charge in [0, 0.05) is 3.92 Å². The van der Waals surface area contributed by atoms with Crippen LogP contribution in [0, 0.1) is 0 Å². The lowest BCUT2D eigenvalue weighted by Crippen LogP contribution is -2.22. The molecule has 2 heteroatoms. The second kappa shape index (κ2) is 2.29. The molecular formula is C5H10FI. The van der Waals surface area contributed by atoms with E-state index in [9.17, 15) is 4.39 Å². The summed E-state index contributed by atoms with van der Waals surface area (Å²) in [5.74, 6) is 0. The summed E-state index contributed by atoms with van der Waals surface area (Å²) in [6, 6.07) is 0. The van der Waals surface area contributed by atoms with Crippen molar-refractivity contribution in [2.45, 2.75) is 30.4 Å². The van der Waals surface area contributed by atoms with Crippen molar-refractivity contribution in [1.82, 2.24) is 0 Å². The van der Waals surface area contributed by atoms with E-state index < -0.39 is 5.67 Å². The molecule has 0 aliphatic heterocycles. The first-order chi connectivity index (χ1) is 2.94. The molecule has 1 atom stereocenters. The predicted molar refractivity (Wildman–Crippen MR) is 38.7 cm³/mol. The average molecular weight is 216 g/mol. The summed E-state index contributed by atoms with van der Waals surface area (Å²) < 4.78 is 12.6. The molecule has 0 aromatic heterocycles. The molecule has 0 bridgehead atoms. The van der Waals surface area contributed by atoms with Crippen LogP contribution in [0.1, 0.15) is 20.8 Å². The van der Waals surface area contributed by atoms with Gasteiger partial charge in [-0.15, -0.1) is 0 Å². The van der Waals surface area contributed by atoms with Crippen LogP contribution in [0.3, 0.4) is 0 Å². The van der Waals surface area contributed by atoms with Crippen LogP contribution >= 0.6 is 22.6 Å². The second-order valence-electron chi connectivity index (χ2n) is 2.18. The van der Waals surface area contributed by atoms with E-state index in [1.54, 1.807) is 13.8 Å². The van der Waals surface area contributed by atoms with Crippen molar-refractivity contribution in [2.24, 2.45) is 0 Å². The van der Waals surface area contributed by atoms with Gasteiger partial charge in [0.1, 0.15) is 5.67 Å². The Bertz CT molecular complexity index is 53.6. The third-order valence-electron chi connectivity index (χ3n) is 0.946. The maximum Gasteiger partial charge on any atom is 0.116 e. The molecule has 0 aromatic rings. The van der Waals surface area contributed by atoms with Gasteiger partial charge >= 0.3 is 0 Å². The molecule has 0 heterocycles. The highest BCUT2D eigenvalue weighted by atomic mass is 127. The van der Waals surface area contributed by atoms with Gasteiger partial charge in [-0.05, 0) is 13.8 Å². The van der Waals surface area contributed by atoms with Crippen molar-refractivity contribution >= 4 is 22.6 Å². The summed E-state index contributed by atoms with van der Waals surface area (Å²) in [4.78, 5) is 0. The quantitative estimate of drug-likeness (QED) is 0.466. The molecule has 0 nitrogen and oxygen atoms in total. The lowest BCUT2D eigenvalue weighted by molar-refractivity contribution is 0.224. The maximum absolute atomic E-state index is 12.5. The number of hydrogen-bond acceptors (Lipinski definition) is 0. The fourth-order valence-electron chi connectivity index (χ4n) is 0. The maximum atomic E-state index is 12.5. The van der Waals surface area contributed by atoms with Gasteiger partial charge in [0.05, 0.1) is 0 Å². The SMILES string of the molecule is C[C@@H](I)C(C)(C)F. The van der Waals surface area contributed by atoms with Gasteiger partial charge < -0.3 is 0 Å². The summed E-state index contributed by atoms with van der Waals surface area (Å²) in [5.41, 5.74) is -1.01. The molecular weight excluding hydrogens is 206 g/mol. The third-order valence-corrected chi connectivity index (χ3v) is 2.43. The van der Waals surface area contributed by atoms with Crippen LogP contribution in [-0.2, 0) is 0 Å². The first kappa shape index (κ1) is 7.66. The first-order valence-corrected chi connectivity index (χ1v) is 3.52. The zero-order chi connectivity index (χ0) is 6.08. The minimum atomic E-state index is -1.01. The summed E-state index contributed by atoms with van der Waals surface area (Å²) in [6.45, 7) is 5.04. The lowest BCUT2D eigenvalue weighted by Gasteiger charge is -2.15. The van der Waals surface area contributed by atoms with Crippen LogP contribution in [0.25, 0.3) is 0 Å². The van der Waals surface area contributed by atoms with Crippen LogP contribution in [0.4, 0.5) is 4.39 Å². The molecule has 0 aliphatic rings. The van der Waals surface area contributed by atoms with Gasteiger partial charge in [0.15, 0.2) is 0 Å². The summed E-state index contributed by atoms with van der Waals surface area (Å²) in [6.07, 6.45) is 0. The van der Waals surface area contributed by atoms with E-state index in [1.807, 2.05) is 6.92 Å². The number of rotatable bonds is 1. The molecule has 0 spiro atoms. The number of hydrogen-bond donors (Lipinski definition) is 0. The molecule has 0 aliphatic carbocycles.